The van der Waals surface area contributed by atoms with Crippen LogP contribution in [0.15, 0.2) is 18.2 Å². The van der Waals surface area contributed by atoms with Gasteiger partial charge in [0.25, 0.3) is 0 Å². The molecule has 0 heterocycles. The normalized spacial score (nSPS) is 12.9. The average molecular weight is 182 g/mol. The summed E-state index contributed by atoms with van der Waals surface area (Å²) in [5, 5.41) is 0. The van der Waals surface area contributed by atoms with Crippen molar-refractivity contribution >= 4 is 0 Å². The van der Waals surface area contributed by atoms with Crippen molar-refractivity contribution in [2.24, 2.45) is 11.5 Å². The summed E-state index contributed by atoms with van der Waals surface area (Å²) in [4.78, 5) is 0. The molecule has 1 aromatic rings. The van der Waals surface area contributed by atoms with Crippen molar-refractivity contribution in [2.75, 3.05) is 6.54 Å². The Morgan fingerprint density at radius 3 is 2.77 bits per heavy atom. The monoisotopic (exact) mass is 182 g/mol. The van der Waals surface area contributed by atoms with Crippen LogP contribution in [0.4, 0.5) is 4.39 Å². The minimum atomic E-state index is -0.204. The molecule has 1 aromatic carbocycles. The van der Waals surface area contributed by atoms with Crippen LogP contribution in [0, 0.1) is 12.7 Å². The van der Waals surface area contributed by atoms with Crippen molar-refractivity contribution in [3.8, 4) is 0 Å². The molecule has 0 aliphatic heterocycles. The number of halogens is 1. The zero-order valence-corrected chi connectivity index (χ0v) is 7.76. The second-order valence-corrected chi connectivity index (χ2v) is 3.14. The molecule has 0 bridgehead atoms. The lowest BCUT2D eigenvalue weighted by Crippen LogP contribution is -2.16. The van der Waals surface area contributed by atoms with E-state index in [1.807, 2.05) is 6.07 Å². The van der Waals surface area contributed by atoms with E-state index in [9.17, 15) is 4.39 Å². The molecule has 1 atom stereocenters. The third-order valence-electron chi connectivity index (χ3n) is 2.19. The van der Waals surface area contributed by atoms with E-state index in [-0.39, 0.29) is 11.9 Å². The largest absolute Gasteiger partial charge is 0.330 e. The molecule has 2 nitrogen and oxygen atoms in total. The molecule has 0 fully saturated rings. The molecule has 0 saturated heterocycles. The molecular weight excluding hydrogens is 167 g/mol. The Morgan fingerprint density at radius 1 is 1.46 bits per heavy atom. The average Bonchev–Trinajstić information content (AvgIpc) is 2.10. The van der Waals surface area contributed by atoms with Gasteiger partial charge in [-0.15, -0.1) is 0 Å². The van der Waals surface area contributed by atoms with Gasteiger partial charge in [0.15, 0.2) is 0 Å². The highest BCUT2D eigenvalue weighted by atomic mass is 19.1. The molecule has 0 aliphatic rings. The molecule has 0 aliphatic carbocycles. The van der Waals surface area contributed by atoms with Crippen molar-refractivity contribution in [1.29, 1.82) is 0 Å². The van der Waals surface area contributed by atoms with Crippen molar-refractivity contribution in [1.82, 2.24) is 0 Å². The second-order valence-electron chi connectivity index (χ2n) is 3.14. The highest BCUT2D eigenvalue weighted by molar-refractivity contribution is 5.29. The van der Waals surface area contributed by atoms with Gasteiger partial charge < -0.3 is 11.5 Å². The Kier molecular flexibility index (Phi) is 3.39. The third kappa shape index (κ3) is 2.26. The van der Waals surface area contributed by atoms with E-state index in [1.54, 1.807) is 13.0 Å². The minimum Gasteiger partial charge on any atom is -0.330 e. The fourth-order valence-corrected chi connectivity index (χ4v) is 1.36. The summed E-state index contributed by atoms with van der Waals surface area (Å²) in [6, 6.07) is 4.81. The van der Waals surface area contributed by atoms with Gasteiger partial charge in [-0.05, 0) is 37.1 Å². The van der Waals surface area contributed by atoms with Gasteiger partial charge in [0.05, 0.1) is 0 Å². The molecule has 0 radical (unpaired) electrons. The number of hydrogen-bond donors (Lipinski definition) is 2. The molecule has 72 valence electrons. The smallest absolute Gasteiger partial charge is 0.126 e. The summed E-state index contributed by atoms with van der Waals surface area (Å²) < 4.78 is 13.1. The van der Waals surface area contributed by atoms with E-state index in [0.717, 1.165) is 5.56 Å². The van der Waals surface area contributed by atoms with Crippen molar-refractivity contribution < 1.29 is 4.39 Å². The van der Waals surface area contributed by atoms with Crippen LogP contribution in [-0.2, 0) is 0 Å². The maximum atomic E-state index is 13.1. The Morgan fingerprint density at radius 2 is 2.15 bits per heavy atom. The minimum absolute atomic E-state index is 0.152. The molecule has 0 unspecified atom stereocenters. The lowest BCUT2D eigenvalue weighted by molar-refractivity contribution is 0.600. The van der Waals surface area contributed by atoms with Gasteiger partial charge in [0, 0.05) is 6.04 Å². The first-order valence-electron chi connectivity index (χ1n) is 4.37. The van der Waals surface area contributed by atoms with Gasteiger partial charge in [0.1, 0.15) is 5.82 Å². The van der Waals surface area contributed by atoms with Gasteiger partial charge in [-0.2, -0.15) is 0 Å². The second kappa shape index (κ2) is 4.35. The molecule has 4 N–H and O–H groups in total. The van der Waals surface area contributed by atoms with E-state index in [4.69, 9.17) is 11.5 Å². The Labute approximate surface area is 77.7 Å². The third-order valence-corrected chi connectivity index (χ3v) is 2.19. The van der Waals surface area contributed by atoms with Crippen molar-refractivity contribution in [2.45, 2.75) is 19.4 Å². The van der Waals surface area contributed by atoms with Crippen LogP contribution in [0.5, 0.6) is 0 Å². The number of rotatable bonds is 3. The zero-order chi connectivity index (χ0) is 9.84. The fourth-order valence-electron chi connectivity index (χ4n) is 1.36. The zero-order valence-electron chi connectivity index (χ0n) is 7.76. The Bertz CT molecular complexity index is 286. The predicted octanol–water partition coefficient (Wildman–Crippen LogP) is 1.48. The molecule has 1 rings (SSSR count). The van der Waals surface area contributed by atoms with Crippen LogP contribution in [0.1, 0.15) is 23.6 Å². The van der Waals surface area contributed by atoms with Gasteiger partial charge in [-0.1, -0.05) is 12.1 Å². The van der Waals surface area contributed by atoms with Crippen LogP contribution < -0.4 is 11.5 Å². The topological polar surface area (TPSA) is 52.0 Å². The molecule has 13 heavy (non-hydrogen) atoms. The van der Waals surface area contributed by atoms with Crippen LogP contribution in [-0.4, -0.2) is 6.54 Å². The Balaban J connectivity index is 2.93. The van der Waals surface area contributed by atoms with Crippen molar-refractivity contribution in [3.63, 3.8) is 0 Å². The van der Waals surface area contributed by atoms with Crippen LogP contribution >= 0.6 is 0 Å². The molecular formula is C10H15FN2. The van der Waals surface area contributed by atoms with Crippen LogP contribution in [0.2, 0.25) is 0 Å². The van der Waals surface area contributed by atoms with E-state index in [0.29, 0.717) is 18.5 Å². The standard InChI is InChI=1S/C10H15FN2/c1-7-8(10(13)5-6-12)3-2-4-9(7)11/h2-4,10H,5-6,12-13H2,1H3/t10-/m1/s1. The highest BCUT2D eigenvalue weighted by Gasteiger charge is 2.09. The molecule has 0 aromatic heterocycles. The summed E-state index contributed by atoms with van der Waals surface area (Å²) in [7, 11) is 0. The fraction of sp³-hybridized carbons (Fsp3) is 0.400. The molecule has 3 heteroatoms. The lowest BCUT2D eigenvalue weighted by Gasteiger charge is -2.13. The number of nitrogens with two attached hydrogens (primary N) is 2. The maximum Gasteiger partial charge on any atom is 0.126 e. The van der Waals surface area contributed by atoms with Gasteiger partial charge >= 0.3 is 0 Å². The summed E-state index contributed by atoms with van der Waals surface area (Å²) in [5.41, 5.74) is 12.7. The van der Waals surface area contributed by atoms with E-state index in [1.165, 1.54) is 6.07 Å². The molecule has 0 amide bonds. The quantitative estimate of drug-likeness (QED) is 0.744. The summed E-state index contributed by atoms with van der Waals surface area (Å²) in [6.07, 6.45) is 0.685. The van der Waals surface area contributed by atoms with Gasteiger partial charge in [-0.25, -0.2) is 4.39 Å². The summed E-state index contributed by atoms with van der Waals surface area (Å²) in [6.45, 7) is 2.26. The number of benzene rings is 1. The van der Waals surface area contributed by atoms with E-state index in [2.05, 4.69) is 0 Å². The summed E-state index contributed by atoms with van der Waals surface area (Å²) >= 11 is 0. The first-order valence-corrected chi connectivity index (χ1v) is 4.37. The first-order chi connectivity index (χ1) is 6.16. The molecule has 0 saturated carbocycles. The van der Waals surface area contributed by atoms with E-state index >= 15 is 0 Å². The Hall–Kier alpha value is -0.930. The maximum absolute atomic E-state index is 13.1. The SMILES string of the molecule is Cc1c(F)cccc1[C@H](N)CCN. The number of hydrogen-bond acceptors (Lipinski definition) is 2. The first kappa shape index (κ1) is 10.2. The molecule has 0 spiro atoms. The van der Waals surface area contributed by atoms with Crippen LogP contribution in [0.25, 0.3) is 0 Å². The van der Waals surface area contributed by atoms with E-state index < -0.39 is 0 Å². The lowest BCUT2D eigenvalue weighted by atomic mass is 9.99. The van der Waals surface area contributed by atoms with Gasteiger partial charge in [-0.3, -0.25) is 0 Å². The van der Waals surface area contributed by atoms with Crippen molar-refractivity contribution in [3.05, 3.63) is 35.1 Å². The predicted molar refractivity (Wildman–Crippen MR) is 51.7 cm³/mol. The highest BCUT2D eigenvalue weighted by Crippen LogP contribution is 2.19. The summed E-state index contributed by atoms with van der Waals surface area (Å²) in [5.74, 6) is -0.204. The van der Waals surface area contributed by atoms with Gasteiger partial charge in [0.2, 0.25) is 0 Å². The van der Waals surface area contributed by atoms with Crippen LogP contribution in [0.3, 0.4) is 0 Å².